The van der Waals surface area contributed by atoms with E-state index in [1.165, 1.54) is 12.8 Å². The number of ether oxygens (including phenoxy) is 1. The van der Waals surface area contributed by atoms with Gasteiger partial charge < -0.3 is 24.7 Å². The number of carbonyl (C=O) groups is 2. The monoisotopic (exact) mass is 833 g/mol. The Hall–Kier alpha value is -5.46. The van der Waals surface area contributed by atoms with Crippen molar-refractivity contribution in [2.45, 2.75) is 71.5 Å². The Kier molecular flexibility index (Phi) is 21.0. The van der Waals surface area contributed by atoms with Crippen molar-refractivity contribution >= 4 is 42.2 Å². The highest BCUT2D eigenvalue weighted by Gasteiger charge is 2.26. The number of carbonyl (C=O) groups excluding carboxylic acids is 2. The molecule has 1 aliphatic heterocycles. The molecule has 6 rings (SSSR count). The number of amides is 1. The normalized spacial score (nSPS) is 13.6. The molecule has 11 nitrogen and oxygen atoms in total. The molecule has 0 radical (unpaired) electrons. The van der Waals surface area contributed by atoms with Gasteiger partial charge in [-0.05, 0) is 102 Å². The summed E-state index contributed by atoms with van der Waals surface area (Å²) in [6, 6.07) is 29.3. The van der Waals surface area contributed by atoms with Crippen molar-refractivity contribution in [2.75, 3.05) is 26.4 Å². The zero-order valence-electron chi connectivity index (χ0n) is 34.2. The summed E-state index contributed by atoms with van der Waals surface area (Å²) >= 11 is 4.37. The SMILES string of the molecule is C1CCOC1.CP=S.[C-]#[N+]c1ccc(C[C@@H](C(=O)NCC(=O)c2ccccc2)[C@H](C)O)cc1C.[C-]#[N+]c1ccc(C[C@@H](c2nnc(-c3ccccc3)o2)[C@H](C)O)cc1C. The van der Waals surface area contributed by atoms with Crippen LogP contribution in [0, 0.1) is 32.9 Å². The van der Waals surface area contributed by atoms with Crippen LogP contribution in [0.2, 0.25) is 0 Å². The summed E-state index contributed by atoms with van der Waals surface area (Å²) in [5, 5.41) is 31.1. The van der Waals surface area contributed by atoms with Crippen LogP contribution in [0.25, 0.3) is 21.1 Å². The number of Topliss-reactive ketones (excluding diaryl/α,β-unsaturated/α-hetero) is 1. The molecule has 2 heterocycles. The first kappa shape index (κ1) is 47.9. The van der Waals surface area contributed by atoms with E-state index in [1.807, 2.05) is 75.1 Å². The van der Waals surface area contributed by atoms with Crippen LogP contribution in [0.1, 0.15) is 71.1 Å². The van der Waals surface area contributed by atoms with E-state index in [0.717, 1.165) is 48.4 Å². The first-order chi connectivity index (χ1) is 28.4. The van der Waals surface area contributed by atoms with Gasteiger partial charge in [-0.3, -0.25) is 9.59 Å². The fourth-order valence-corrected chi connectivity index (χ4v) is 6.01. The maximum absolute atomic E-state index is 12.5. The predicted molar refractivity (Wildman–Crippen MR) is 236 cm³/mol. The third kappa shape index (κ3) is 16.0. The van der Waals surface area contributed by atoms with Crippen LogP contribution >= 0.6 is 7.36 Å². The van der Waals surface area contributed by atoms with Gasteiger partial charge in [0, 0.05) is 24.3 Å². The number of hydrogen-bond donors (Lipinski definition) is 3. The Morgan fingerprint density at radius 2 is 1.34 bits per heavy atom. The summed E-state index contributed by atoms with van der Waals surface area (Å²) < 4.78 is 10.8. The van der Waals surface area contributed by atoms with Crippen LogP contribution in [-0.2, 0) is 34.2 Å². The predicted octanol–water partition coefficient (Wildman–Crippen LogP) is 9.21. The Bertz CT molecular complexity index is 2150. The Balaban J connectivity index is 0.000000265. The minimum Gasteiger partial charge on any atom is -0.420 e. The number of ketones is 1. The number of aliphatic hydroxyl groups excluding tert-OH is 2. The molecule has 4 atom stereocenters. The number of hydrogen-bond acceptors (Lipinski definition) is 9. The largest absolute Gasteiger partial charge is 0.420 e. The highest BCUT2D eigenvalue weighted by Crippen LogP contribution is 2.29. The Labute approximate surface area is 354 Å². The number of aryl methyl sites for hydroxylation is 2. The molecule has 308 valence electrons. The summed E-state index contributed by atoms with van der Waals surface area (Å²) in [6.45, 7) is 25.1. The number of aromatic nitrogens is 2. The van der Waals surface area contributed by atoms with Crippen LogP contribution in [0.5, 0.6) is 0 Å². The first-order valence-electron chi connectivity index (χ1n) is 19.3. The van der Waals surface area contributed by atoms with E-state index in [0.29, 0.717) is 41.6 Å². The lowest BCUT2D eigenvalue weighted by Crippen LogP contribution is -2.40. The van der Waals surface area contributed by atoms with E-state index in [-0.39, 0.29) is 24.2 Å². The van der Waals surface area contributed by atoms with Gasteiger partial charge in [-0.2, -0.15) is 0 Å². The summed E-state index contributed by atoms with van der Waals surface area (Å²) in [6.07, 6.45) is 1.96. The van der Waals surface area contributed by atoms with Crippen LogP contribution in [0.3, 0.4) is 0 Å². The molecule has 0 bridgehead atoms. The topological polar surface area (TPSA) is 144 Å². The Morgan fingerprint density at radius 3 is 1.80 bits per heavy atom. The highest BCUT2D eigenvalue weighted by molar-refractivity contribution is 7.96. The van der Waals surface area contributed by atoms with Gasteiger partial charge in [0.2, 0.25) is 17.7 Å². The Morgan fingerprint density at radius 1 is 0.814 bits per heavy atom. The van der Waals surface area contributed by atoms with Gasteiger partial charge in [-0.25, -0.2) is 9.69 Å². The van der Waals surface area contributed by atoms with Crippen molar-refractivity contribution in [2.24, 2.45) is 5.92 Å². The molecule has 3 N–H and O–H groups in total. The number of benzene rings is 4. The van der Waals surface area contributed by atoms with E-state index in [9.17, 15) is 19.8 Å². The molecule has 1 amide bonds. The van der Waals surface area contributed by atoms with Gasteiger partial charge in [0.15, 0.2) is 17.2 Å². The van der Waals surface area contributed by atoms with Gasteiger partial charge in [0.1, 0.15) is 0 Å². The molecule has 1 saturated heterocycles. The quantitative estimate of drug-likeness (QED) is 0.0637. The fraction of sp³-hybridized carbons (Fsp3) is 0.348. The van der Waals surface area contributed by atoms with Crippen molar-refractivity contribution in [3.63, 3.8) is 0 Å². The molecule has 0 unspecified atom stereocenters. The van der Waals surface area contributed by atoms with Gasteiger partial charge in [-0.15, -0.1) is 10.2 Å². The van der Waals surface area contributed by atoms with Crippen LogP contribution in [0.4, 0.5) is 11.4 Å². The summed E-state index contributed by atoms with van der Waals surface area (Å²) in [4.78, 5) is 31.5. The molecule has 13 heteroatoms. The first-order valence-corrected chi connectivity index (χ1v) is 21.6. The average Bonchev–Trinajstić information content (AvgIpc) is 3.99. The van der Waals surface area contributed by atoms with Crippen molar-refractivity contribution in [3.8, 4) is 11.5 Å². The molecule has 59 heavy (non-hydrogen) atoms. The van der Waals surface area contributed by atoms with E-state index in [2.05, 4.69) is 37.0 Å². The van der Waals surface area contributed by atoms with Crippen molar-refractivity contribution in [3.05, 3.63) is 154 Å². The van der Waals surface area contributed by atoms with Crippen molar-refractivity contribution < 1.29 is 29.0 Å². The lowest BCUT2D eigenvalue weighted by molar-refractivity contribution is -0.127. The average molecular weight is 834 g/mol. The maximum Gasteiger partial charge on any atom is 0.247 e. The second kappa shape index (κ2) is 25.8. The smallest absolute Gasteiger partial charge is 0.247 e. The number of aliphatic hydroxyl groups is 2. The van der Waals surface area contributed by atoms with Crippen molar-refractivity contribution in [1.29, 1.82) is 0 Å². The molecule has 5 aromatic rings. The molecule has 0 aliphatic carbocycles. The van der Waals surface area contributed by atoms with Crippen LogP contribution in [-0.4, -0.2) is 70.7 Å². The molecule has 1 aliphatic rings. The third-order valence-electron chi connectivity index (χ3n) is 9.30. The zero-order valence-corrected chi connectivity index (χ0v) is 35.9. The second-order valence-electron chi connectivity index (χ2n) is 13.9. The lowest BCUT2D eigenvalue weighted by Gasteiger charge is -2.20. The summed E-state index contributed by atoms with van der Waals surface area (Å²) in [5.74, 6) is -0.654. The van der Waals surface area contributed by atoms with Gasteiger partial charge in [0.05, 0.1) is 43.7 Å². The molecule has 0 saturated carbocycles. The second-order valence-corrected chi connectivity index (χ2v) is 15.3. The minimum absolute atomic E-state index is 0.109. The summed E-state index contributed by atoms with van der Waals surface area (Å²) in [7, 11) is 1.00. The highest BCUT2D eigenvalue weighted by atomic mass is 32.4. The third-order valence-corrected chi connectivity index (χ3v) is 9.30. The van der Waals surface area contributed by atoms with Gasteiger partial charge >= 0.3 is 0 Å². The molecule has 1 aromatic heterocycles. The fourth-order valence-electron chi connectivity index (χ4n) is 6.01. The van der Waals surface area contributed by atoms with Crippen LogP contribution < -0.4 is 5.32 Å². The molecule has 0 spiro atoms. The number of rotatable bonds is 12. The molecule has 4 aromatic carbocycles. The van der Waals surface area contributed by atoms with E-state index < -0.39 is 18.1 Å². The maximum atomic E-state index is 12.5. The van der Waals surface area contributed by atoms with Crippen LogP contribution in [0.15, 0.2) is 101 Å². The molecular weight excluding hydrogens is 782 g/mol. The lowest BCUT2D eigenvalue weighted by atomic mass is 9.93. The van der Waals surface area contributed by atoms with Crippen molar-refractivity contribution in [1.82, 2.24) is 15.5 Å². The zero-order chi connectivity index (χ0) is 43.2. The minimum atomic E-state index is -0.859. The standard InChI is InChI=1S/C21H22N2O3.C20H19N3O2.C4H8O.CH3PS/c1-14-11-16(9-10-19(14)22-3)12-18(15(2)24)21(26)23-13-20(25)17-7-5-4-6-8-17;1-13-11-15(9-10-18(13)21-3)12-17(14(2)24)20-23-22-19(25-20)16-7-5-4-6-8-16;1-2-4-5-3-1;1-2-3/h4-11,15,18,24H,12-13H2,1-2H3,(H,23,26);4-11,14,17,24H,12H2,1-2H3;1-4H2;1H3/t15-,18+;14-,17+;;/m00../s1. The number of nitrogens with zero attached hydrogens (tertiary/aromatic N) is 4. The van der Waals surface area contributed by atoms with E-state index >= 15 is 0 Å². The summed E-state index contributed by atoms with van der Waals surface area (Å²) in [5.41, 5.74) is 6.24. The van der Waals surface area contributed by atoms with E-state index in [1.54, 1.807) is 56.3 Å². The van der Waals surface area contributed by atoms with Gasteiger partial charge in [-0.1, -0.05) is 96.7 Å². The molecular formula is C46H52N5O6PS. The van der Waals surface area contributed by atoms with Gasteiger partial charge in [0.25, 0.3) is 0 Å². The molecule has 1 fully saturated rings. The number of nitrogens with one attached hydrogen (secondary N) is 1. The van der Waals surface area contributed by atoms with E-state index in [4.69, 9.17) is 22.3 Å².